The SMILES string of the molecule is CC(C)(C)c1cc(N)cc2c(N[s+]3ccc(CNS(C)(=O)=O)c3)ncnc12. The van der Waals surface area contributed by atoms with Crippen LogP contribution in [0.4, 0.5) is 11.5 Å². The van der Waals surface area contributed by atoms with Crippen LogP contribution in [0.3, 0.4) is 0 Å². The van der Waals surface area contributed by atoms with Crippen LogP contribution in [0.15, 0.2) is 35.3 Å². The molecule has 9 heteroatoms. The first kappa shape index (κ1) is 19.5. The minimum absolute atomic E-state index is 0.0980. The highest BCUT2D eigenvalue weighted by Gasteiger charge is 2.21. The highest BCUT2D eigenvalue weighted by Crippen LogP contribution is 2.34. The molecule has 3 aromatic rings. The average molecular weight is 407 g/mol. The number of sulfonamides is 1. The zero-order valence-electron chi connectivity index (χ0n) is 15.8. The van der Waals surface area contributed by atoms with Crippen LogP contribution in [0.25, 0.3) is 10.9 Å². The van der Waals surface area contributed by atoms with Crippen molar-refractivity contribution < 1.29 is 8.42 Å². The summed E-state index contributed by atoms with van der Waals surface area (Å²) in [5.74, 6) is 0.708. The van der Waals surface area contributed by atoms with Gasteiger partial charge in [-0.25, -0.2) is 23.1 Å². The van der Waals surface area contributed by atoms with E-state index in [0.29, 0.717) is 11.5 Å². The molecule has 0 saturated carbocycles. The molecule has 1 atom stereocenters. The van der Waals surface area contributed by atoms with E-state index in [1.807, 2.05) is 29.0 Å². The number of anilines is 2. The molecule has 0 aliphatic carbocycles. The van der Waals surface area contributed by atoms with Crippen LogP contribution < -0.4 is 15.2 Å². The predicted octanol–water partition coefficient (Wildman–Crippen LogP) is 3.18. The summed E-state index contributed by atoms with van der Waals surface area (Å²) in [5, 5.41) is 4.85. The lowest BCUT2D eigenvalue weighted by atomic mass is 9.85. The second-order valence-corrected chi connectivity index (χ2v) is 10.8. The lowest BCUT2D eigenvalue weighted by molar-refractivity contribution is 0.587. The van der Waals surface area contributed by atoms with Gasteiger partial charge in [0, 0.05) is 29.2 Å². The summed E-state index contributed by atoms with van der Waals surface area (Å²) in [6, 6.07) is 5.75. The van der Waals surface area contributed by atoms with Gasteiger partial charge in [0.05, 0.1) is 22.4 Å². The molecular weight excluding hydrogens is 382 g/mol. The van der Waals surface area contributed by atoms with E-state index in [1.54, 1.807) is 6.33 Å². The summed E-state index contributed by atoms with van der Waals surface area (Å²) in [6.07, 6.45) is 2.70. The van der Waals surface area contributed by atoms with Gasteiger partial charge in [0.15, 0.2) is 16.6 Å². The molecular formula is C18H24N5O2S2+. The van der Waals surface area contributed by atoms with Crippen LogP contribution in [0.1, 0.15) is 31.9 Å². The molecule has 4 N–H and O–H groups in total. The van der Waals surface area contributed by atoms with Crippen molar-refractivity contribution in [2.75, 3.05) is 16.7 Å². The van der Waals surface area contributed by atoms with Crippen molar-refractivity contribution in [2.24, 2.45) is 0 Å². The van der Waals surface area contributed by atoms with Gasteiger partial charge in [-0.2, -0.15) is 4.72 Å². The minimum Gasteiger partial charge on any atom is -0.399 e. The Labute approximate surface area is 162 Å². The second-order valence-electron chi connectivity index (χ2n) is 7.50. The zero-order valence-corrected chi connectivity index (χ0v) is 17.4. The molecule has 7 nitrogen and oxygen atoms in total. The van der Waals surface area contributed by atoms with E-state index in [0.717, 1.165) is 28.3 Å². The molecule has 2 aromatic heterocycles. The van der Waals surface area contributed by atoms with E-state index in [2.05, 4.69) is 40.2 Å². The first-order chi connectivity index (χ1) is 12.5. The highest BCUT2D eigenvalue weighted by atomic mass is 32.2. The minimum atomic E-state index is -3.22. The molecule has 0 radical (unpaired) electrons. The summed E-state index contributed by atoms with van der Waals surface area (Å²) in [5.41, 5.74) is 9.56. The van der Waals surface area contributed by atoms with Crippen molar-refractivity contribution in [3.8, 4) is 0 Å². The molecule has 0 saturated heterocycles. The molecule has 0 spiro atoms. The van der Waals surface area contributed by atoms with Gasteiger partial charge in [0.1, 0.15) is 6.33 Å². The Morgan fingerprint density at radius 2 is 1.96 bits per heavy atom. The third-order valence-corrected chi connectivity index (χ3v) is 6.11. The smallest absolute Gasteiger partial charge is 0.209 e. The molecule has 3 rings (SSSR count). The molecule has 0 fully saturated rings. The third kappa shape index (κ3) is 4.74. The van der Waals surface area contributed by atoms with Crippen molar-refractivity contribution >= 4 is 43.1 Å². The Morgan fingerprint density at radius 3 is 2.63 bits per heavy atom. The number of thiophene rings is 1. The van der Waals surface area contributed by atoms with Crippen LogP contribution in [0.2, 0.25) is 0 Å². The van der Waals surface area contributed by atoms with Crippen molar-refractivity contribution in [2.45, 2.75) is 32.7 Å². The maximum Gasteiger partial charge on any atom is 0.209 e. The van der Waals surface area contributed by atoms with Crippen LogP contribution in [-0.4, -0.2) is 24.6 Å². The summed E-state index contributed by atoms with van der Waals surface area (Å²) in [7, 11) is -3.60. The normalized spacial score (nSPS) is 13.1. The Morgan fingerprint density at radius 1 is 1.22 bits per heavy atom. The van der Waals surface area contributed by atoms with Gasteiger partial charge < -0.3 is 5.73 Å². The Bertz CT molecular complexity index is 1080. The second kappa shape index (κ2) is 7.06. The summed E-state index contributed by atoms with van der Waals surface area (Å²) >= 11 is 0. The number of nitrogens with two attached hydrogens (primary N) is 1. The molecule has 1 unspecified atom stereocenters. The Kier molecular flexibility index (Phi) is 5.11. The van der Waals surface area contributed by atoms with Gasteiger partial charge in [0.25, 0.3) is 0 Å². The van der Waals surface area contributed by atoms with Gasteiger partial charge in [0.2, 0.25) is 10.0 Å². The number of nitrogens with zero attached hydrogens (tertiary/aromatic N) is 2. The summed E-state index contributed by atoms with van der Waals surface area (Å²) in [6.45, 7) is 6.65. The number of fused-ring (bicyclic) bond motifs is 1. The van der Waals surface area contributed by atoms with Gasteiger partial charge in [-0.05, 0) is 23.1 Å². The van der Waals surface area contributed by atoms with Crippen molar-refractivity contribution in [3.63, 3.8) is 0 Å². The van der Waals surface area contributed by atoms with Gasteiger partial charge in [-0.1, -0.05) is 20.8 Å². The van der Waals surface area contributed by atoms with Crippen LogP contribution in [-0.2, 0) is 22.0 Å². The Balaban J connectivity index is 1.94. The lowest BCUT2D eigenvalue weighted by Gasteiger charge is -2.21. The van der Waals surface area contributed by atoms with Crippen molar-refractivity contribution in [1.29, 1.82) is 0 Å². The van der Waals surface area contributed by atoms with Crippen molar-refractivity contribution in [1.82, 2.24) is 14.7 Å². The largest absolute Gasteiger partial charge is 0.399 e. The maximum atomic E-state index is 11.2. The fraction of sp³-hybridized carbons (Fsp3) is 0.333. The van der Waals surface area contributed by atoms with Crippen molar-refractivity contribution in [3.05, 3.63) is 46.4 Å². The van der Waals surface area contributed by atoms with E-state index < -0.39 is 10.0 Å². The quantitative estimate of drug-likeness (QED) is 0.443. The fourth-order valence-corrected chi connectivity index (χ4v) is 4.57. The Hall–Kier alpha value is -2.23. The highest BCUT2D eigenvalue weighted by molar-refractivity contribution is 7.88. The maximum absolute atomic E-state index is 11.2. The molecule has 144 valence electrons. The number of nitrogens with one attached hydrogen (secondary N) is 2. The molecule has 0 amide bonds. The van der Waals surface area contributed by atoms with Crippen LogP contribution in [0.5, 0.6) is 0 Å². The predicted molar refractivity (Wildman–Crippen MR) is 112 cm³/mol. The topological polar surface area (TPSA) is 110 Å². The average Bonchev–Trinajstić information content (AvgIpc) is 2.99. The molecule has 1 aromatic carbocycles. The van der Waals surface area contributed by atoms with E-state index in [4.69, 9.17) is 5.73 Å². The molecule has 2 heterocycles. The first-order valence-corrected chi connectivity index (χ1v) is 11.6. The summed E-state index contributed by atoms with van der Waals surface area (Å²) in [4.78, 5) is 8.88. The molecule has 0 bridgehead atoms. The van der Waals surface area contributed by atoms with Gasteiger partial charge in [-0.3, -0.25) is 0 Å². The van der Waals surface area contributed by atoms with Crippen LogP contribution >= 0.6 is 10.7 Å². The number of hydrogen-bond donors (Lipinski definition) is 3. The van der Waals surface area contributed by atoms with Crippen LogP contribution in [0, 0.1) is 0 Å². The third-order valence-electron chi connectivity index (χ3n) is 4.03. The monoisotopic (exact) mass is 406 g/mol. The zero-order chi connectivity index (χ0) is 19.8. The van der Waals surface area contributed by atoms with E-state index in [1.165, 1.54) is 0 Å². The molecule has 0 aliphatic heterocycles. The number of aromatic nitrogens is 2. The molecule has 27 heavy (non-hydrogen) atoms. The number of nitrogen functional groups attached to an aromatic ring is 1. The van der Waals surface area contributed by atoms with E-state index in [-0.39, 0.29) is 22.6 Å². The number of benzene rings is 1. The lowest BCUT2D eigenvalue weighted by Crippen LogP contribution is -2.20. The molecule has 0 aliphatic rings. The standard InChI is InChI=1S/C18H24N5O2S2/c1-18(2,3)15-8-13(19)7-14-16(15)20-11-21-17(14)23-26-6-5-12(10-26)9-22-27(4,24)25/h5-8,10-11,22H,9,19H2,1-4H3,(H,20,21,23)/q+1. The van der Waals surface area contributed by atoms with E-state index in [9.17, 15) is 8.42 Å². The van der Waals surface area contributed by atoms with E-state index >= 15 is 0 Å². The first-order valence-electron chi connectivity index (χ1n) is 8.40. The summed E-state index contributed by atoms with van der Waals surface area (Å²) < 4.78 is 28.4. The number of rotatable bonds is 5. The fourth-order valence-electron chi connectivity index (χ4n) is 2.74. The number of hydrogen-bond acceptors (Lipinski definition) is 6. The van der Waals surface area contributed by atoms with Gasteiger partial charge >= 0.3 is 0 Å². The van der Waals surface area contributed by atoms with Gasteiger partial charge in [-0.15, -0.1) is 0 Å².